The summed E-state index contributed by atoms with van der Waals surface area (Å²) in [7, 11) is 0. The lowest BCUT2D eigenvalue weighted by molar-refractivity contribution is 0.504. The van der Waals surface area contributed by atoms with Crippen LogP contribution in [0.25, 0.3) is 11.0 Å². The molecule has 0 fully saturated rings. The van der Waals surface area contributed by atoms with E-state index in [0.717, 1.165) is 23.1 Å². The predicted octanol–water partition coefficient (Wildman–Crippen LogP) is 4.17. The van der Waals surface area contributed by atoms with Crippen molar-refractivity contribution in [3.63, 3.8) is 0 Å². The SMILES string of the molecule is NC(c1cc2cccc(F)c2o1)c1cc2c(s1)CCC2. The Labute approximate surface area is 120 Å². The van der Waals surface area contributed by atoms with Crippen LogP contribution in [0.4, 0.5) is 4.39 Å². The number of hydrogen-bond acceptors (Lipinski definition) is 3. The maximum Gasteiger partial charge on any atom is 0.169 e. The molecule has 0 radical (unpaired) electrons. The van der Waals surface area contributed by atoms with Crippen molar-refractivity contribution in [2.24, 2.45) is 5.73 Å². The molecule has 0 saturated carbocycles. The Balaban J connectivity index is 1.75. The second-order valence-electron chi connectivity index (χ2n) is 5.24. The summed E-state index contributed by atoms with van der Waals surface area (Å²) in [6.07, 6.45) is 3.54. The third kappa shape index (κ3) is 1.79. The fourth-order valence-corrected chi connectivity index (χ4v) is 4.11. The molecule has 3 aromatic rings. The van der Waals surface area contributed by atoms with Gasteiger partial charge in [-0.15, -0.1) is 11.3 Å². The standard InChI is InChI=1S/C16H14FNOS/c17-11-5-1-4-10-7-12(19-16(10)11)15(18)14-8-9-3-2-6-13(9)20-14/h1,4-5,7-8,15H,2-3,6,18H2. The van der Waals surface area contributed by atoms with Gasteiger partial charge in [0.15, 0.2) is 11.4 Å². The van der Waals surface area contributed by atoms with Gasteiger partial charge < -0.3 is 10.2 Å². The molecule has 0 bridgehead atoms. The molecule has 1 aliphatic carbocycles. The van der Waals surface area contributed by atoms with Crippen LogP contribution in [-0.2, 0) is 12.8 Å². The molecule has 2 nitrogen and oxygen atoms in total. The van der Waals surface area contributed by atoms with E-state index >= 15 is 0 Å². The van der Waals surface area contributed by atoms with Gasteiger partial charge in [0.1, 0.15) is 5.76 Å². The fraction of sp³-hybridized carbons (Fsp3) is 0.250. The molecule has 0 saturated heterocycles. The van der Waals surface area contributed by atoms with Gasteiger partial charge in [-0.2, -0.15) is 0 Å². The smallest absolute Gasteiger partial charge is 0.169 e. The molecular weight excluding hydrogens is 273 g/mol. The lowest BCUT2D eigenvalue weighted by Crippen LogP contribution is -2.08. The summed E-state index contributed by atoms with van der Waals surface area (Å²) in [6.45, 7) is 0. The number of para-hydroxylation sites is 1. The highest BCUT2D eigenvalue weighted by Crippen LogP contribution is 2.36. The summed E-state index contributed by atoms with van der Waals surface area (Å²) in [4.78, 5) is 2.55. The van der Waals surface area contributed by atoms with Crippen molar-refractivity contribution in [1.29, 1.82) is 0 Å². The van der Waals surface area contributed by atoms with E-state index in [0.29, 0.717) is 11.3 Å². The monoisotopic (exact) mass is 287 g/mol. The molecule has 0 amide bonds. The molecule has 4 rings (SSSR count). The van der Waals surface area contributed by atoms with Crippen molar-refractivity contribution in [2.75, 3.05) is 0 Å². The van der Waals surface area contributed by atoms with E-state index in [2.05, 4.69) is 6.07 Å². The normalized spacial score (nSPS) is 15.7. The number of nitrogens with two attached hydrogens (primary N) is 1. The van der Waals surface area contributed by atoms with Gasteiger partial charge in [0.2, 0.25) is 0 Å². The van der Waals surface area contributed by atoms with Gasteiger partial charge in [-0.3, -0.25) is 0 Å². The average molecular weight is 287 g/mol. The number of halogens is 1. The van der Waals surface area contributed by atoms with Crippen LogP contribution in [0.15, 0.2) is 34.7 Å². The van der Waals surface area contributed by atoms with Crippen LogP contribution in [0.5, 0.6) is 0 Å². The van der Waals surface area contributed by atoms with Crippen LogP contribution in [-0.4, -0.2) is 0 Å². The second-order valence-corrected chi connectivity index (χ2v) is 6.40. The molecular formula is C16H14FNOS. The van der Waals surface area contributed by atoms with Crippen molar-refractivity contribution in [3.05, 3.63) is 57.2 Å². The highest BCUT2D eigenvalue weighted by molar-refractivity contribution is 7.12. The first-order chi connectivity index (χ1) is 9.72. The number of furan rings is 1. The van der Waals surface area contributed by atoms with Crippen LogP contribution in [0.1, 0.15) is 33.5 Å². The van der Waals surface area contributed by atoms with Gasteiger partial charge in [0.25, 0.3) is 0 Å². The summed E-state index contributed by atoms with van der Waals surface area (Å²) in [5, 5.41) is 0.763. The Kier molecular flexibility index (Phi) is 2.69. The number of hydrogen-bond donors (Lipinski definition) is 1. The van der Waals surface area contributed by atoms with Gasteiger partial charge in [-0.25, -0.2) is 4.39 Å². The molecule has 2 N–H and O–H groups in total. The zero-order valence-corrected chi connectivity index (χ0v) is 11.7. The van der Waals surface area contributed by atoms with Crippen molar-refractivity contribution >= 4 is 22.3 Å². The zero-order valence-electron chi connectivity index (χ0n) is 10.9. The van der Waals surface area contributed by atoms with Crippen LogP contribution >= 0.6 is 11.3 Å². The Hall–Kier alpha value is -1.65. The molecule has 0 aliphatic heterocycles. The number of aryl methyl sites for hydroxylation is 2. The Morgan fingerprint density at radius 2 is 2.15 bits per heavy atom. The van der Waals surface area contributed by atoms with E-state index in [1.807, 2.05) is 12.1 Å². The summed E-state index contributed by atoms with van der Waals surface area (Å²) in [6, 6.07) is 8.64. The minimum absolute atomic E-state index is 0.294. The van der Waals surface area contributed by atoms with E-state index in [4.69, 9.17) is 10.2 Å². The number of rotatable bonds is 2. The number of thiophene rings is 1. The second kappa shape index (κ2) is 4.43. The highest BCUT2D eigenvalue weighted by atomic mass is 32.1. The first-order valence-electron chi connectivity index (χ1n) is 6.77. The summed E-state index contributed by atoms with van der Waals surface area (Å²) in [5.41, 5.74) is 8.00. The summed E-state index contributed by atoms with van der Waals surface area (Å²) >= 11 is 1.76. The number of fused-ring (bicyclic) bond motifs is 2. The maximum absolute atomic E-state index is 13.7. The van der Waals surface area contributed by atoms with E-state index in [-0.39, 0.29) is 11.9 Å². The van der Waals surface area contributed by atoms with Gasteiger partial charge >= 0.3 is 0 Å². The fourth-order valence-electron chi connectivity index (χ4n) is 2.85. The molecule has 1 aliphatic rings. The number of benzene rings is 1. The molecule has 2 heterocycles. The minimum Gasteiger partial charge on any atom is -0.456 e. The van der Waals surface area contributed by atoms with Crippen LogP contribution in [0.2, 0.25) is 0 Å². The van der Waals surface area contributed by atoms with Gasteiger partial charge in [-0.1, -0.05) is 12.1 Å². The topological polar surface area (TPSA) is 39.2 Å². The predicted molar refractivity (Wildman–Crippen MR) is 78.5 cm³/mol. The van der Waals surface area contributed by atoms with E-state index < -0.39 is 0 Å². The zero-order chi connectivity index (χ0) is 13.7. The van der Waals surface area contributed by atoms with Crippen LogP contribution < -0.4 is 5.73 Å². The maximum atomic E-state index is 13.7. The van der Waals surface area contributed by atoms with Crippen LogP contribution in [0, 0.1) is 5.82 Å². The highest BCUT2D eigenvalue weighted by Gasteiger charge is 2.21. The lowest BCUT2D eigenvalue weighted by Gasteiger charge is -2.05. The largest absolute Gasteiger partial charge is 0.456 e. The average Bonchev–Trinajstić information content (AvgIpc) is 3.11. The van der Waals surface area contributed by atoms with Gasteiger partial charge in [0.05, 0.1) is 6.04 Å². The van der Waals surface area contributed by atoms with Gasteiger partial charge in [0, 0.05) is 15.1 Å². The Bertz CT molecular complexity index is 767. The van der Waals surface area contributed by atoms with E-state index in [1.165, 1.54) is 22.9 Å². The van der Waals surface area contributed by atoms with Crippen molar-refractivity contribution in [1.82, 2.24) is 0 Å². The molecule has 102 valence electrons. The third-order valence-electron chi connectivity index (χ3n) is 3.89. The molecule has 20 heavy (non-hydrogen) atoms. The van der Waals surface area contributed by atoms with Crippen molar-refractivity contribution < 1.29 is 8.81 Å². The van der Waals surface area contributed by atoms with Crippen LogP contribution in [0.3, 0.4) is 0 Å². The summed E-state index contributed by atoms with van der Waals surface area (Å²) < 4.78 is 19.3. The quantitative estimate of drug-likeness (QED) is 0.768. The van der Waals surface area contributed by atoms with Crippen molar-refractivity contribution in [2.45, 2.75) is 25.3 Å². The molecule has 2 aromatic heterocycles. The minimum atomic E-state index is -0.338. The van der Waals surface area contributed by atoms with Crippen molar-refractivity contribution in [3.8, 4) is 0 Å². The first kappa shape index (κ1) is 12.1. The summed E-state index contributed by atoms with van der Waals surface area (Å²) in [5.74, 6) is 0.291. The molecule has 0 spiro atoms. The lowest BCUT2D eigenvalue weighted by atomic mass is 10.1. The van der Waals surface area contributed by atoms with Gasteiger partial charge in [-0.05, 0) is 43.0 Å². The molecule has 4 heteroatoms. The molecule has 1 atom stereocenters. The molecule has 1 unspecified atom stereocenters. The molecule has 1 aromatic carbocycles. The third-order valence-corrected chi connectivity index (χ3v) is 5.21. The first-order valence-corrected chi connectivity index (χ1v) is 7.59. The Morgan fingerprint density at radius 3 is 2.95 bits per heavy atom. The Morgan fingerprint density at radius 1 is 1.25 bits per heavy atom. The van der Waals surface area contributed by atoms with E-state index in [9.17, 15) is 4.39 Å². The van der Waals surface area contributed by atoms with E-state index in [1.54, 1.807) is 17.4 Å².